The lowest BCUT2D eigenvalue weighted by atomic mass is 9.90. The summed E-state index contributed by atoms with van der Waals surface area (Å²) in [5.74, 6) is 0.708. The summed E-state index contributed by atoms with van der Waals surface area (Å²) >= 11 is 1.57. The molecule has 1 saturated heterocycles. The molecule has 1 heterocycles. The van der Waals surface area contributed by atoms with Crippen molar-refractivity contribution in [2.24, 2.45) is 5.92 Å². The van der Waals surface area contributed by atoms with Crippen LogP contribution in [0.15, 0.2) is 23.1 Å². The first-order chi connectivity index (χ1) is 12.0. The van der Waals surface area contributed by atoms with Gasteiger partial charge in [0.25, 0.3) is 0 Å². The Bertz CT molecular complexity index is 621. The van der Waals surface area contributed by atoms with Crippen LogP contribution in [0.25, 0.3) is 0 Å². The molecule has 1 aromatic carbocycles. The van der Waals surface area contributed by atoms with Gasteiger partial charge < -0.3 is 19.5 Å². The van der Waals surface area contributed by atoms with E-state index < -0.39 is 11.9 Å². The number of hydrogen-bond acceptors (Lipinski definition) is 5. The largest absolute Gasteiger partial charge is 0.493 e. The second-order valence-corrected chi connectivity index (χ2v) is 7.20. The monoisotopic (exact) mass is 367 g/mol. The number of benzene rings is 1. The zero-order chi connectivity index (χ0) is 18.4. The van der Waals surface area contributed by atoms with E-state index in [2.05, 4.69) is 0 Å². The number of carbonyl (C=O) groups excluding carboxylic acids is 1. The van der Waals surface area contributed by atoms with Crippen molar-refractivity contribution in [3.05, 3.63) is 18.2 Å². The number of carboxylic acid groups (broad SMARTS) is 1. The third-order valence-corrected chi connectivity index (χ3v) is 5.56. The summed E-state index contributed by atoms with van der Waals surface area (Å²) in [6.07, 6.45) is 1.77. The molecule has 1 aliphatic rings. The summed E-state index contributed by atoms with van der Waals surface area (Å²) < 4.78 is 10.5. The van der Waals surface area contributed by atoms with E-state index in [1.165, 1.54) is 0 Å². The Hall–Kier alpha value is -1.89. The smallest absolute Gasteiger partial charge is 0.308 e. The molecule has 0 radical (unpaired) electrons. The predicted molar refractivity (Wildman–Crippen MR) is 96.4 cm³/mol. The first kappa shape index (κ1) is 19.4. The zero-order valence-corrected chi connectivity index (χ0v) is 15.7. The highest BCUT2D eigenvalue weighted by Gasteiger charge is 2.34. The second kappa shape index (κ2) is 8.99. The van der Waals surface area contributed by atoms with Crippen molar-refractivity contribution < 1.29 is 24.2 Å². The highest BCUT2D eigenvalue weighted by molar-refractivity contribution is 7.99. The van der Waals surface area contributed by atoms with Gasteiger partial charge >= 0.3 is 5.97 Å². The quantitative estimate of drug-likeness (QED) is 0.747. The van der Waals surface area contributed by atoms with Crippen LogP contribution in [0.2, 0.25) is 0 Å². The lowest BCUT2D eigenvalue weighted by molar-refractivity contribution is -0.148. The normalized spacial score (nSPS) is 20.2. The van der Waals surface area contributed by atoms with E-state index in [0.717, 1.165) is 11.3 Å². The van der Waals surface area contributed by atoms with E-state index in [0.29, 0.717) is 36.6 Å². The molecule has 0 aliphatic carbocycles. The fraction of sp³-hybridized carbons (Fsp3) is 0.556. The minimum absolute atomic E-state index is 0.0198. The number of piperidine rings is 1. The first-order valence-corrected chi connectivity index (χ1v) is 9.33. The summed E-state index contributed by atoms with van der Waals surface area (Å²) in [6.45, 7) is 2.47. The molecule has 138 valence electrons. The molecule has 1 N–H and O–H groups in total. The topological polar surface area (TPSA) is 76.1 Å². The molecule has 1 amide bonds. The summed E-state index contributed by atoms with van der Waals surface area (Å²) in [6, 6.07) is 5.41. The zero-order valence-electron chi connectivity index (χ0n) is 14.9. The van der Waals surface area contributed by atoms with Crippen molar-refractivity contribution in [2.45, 2.75) is 37.1 Å². The van der Waals surface area contributed by atoms with Crippen LogP contribution in [-0.4, -0.2) is 54.4 Å². The van der Waals surface area contributed by atoms with Crippen molar-refractivity contribution in [3.8, 4) is 11.5 Å². The number of likely N-dealkylation sites (tertiary alicyclic amines) is 1. The minimum atomic E-state index is -0.815. The van der Waals surface area contributed by atoms with Crippen LogP contribution in [0.1, 0.15) is 26.2 Å². The maximum Gasteiger partial charge on any atom is 0.308 e. The molecule has 25 heavy (non-hydrogen) atoms. The SMILES string of the molecule is COc1ccc(SCCC(=O)N2CCC[C@H](C(=O)O)[C@@H]2C)cc1OC. The molecular formula is C18H25NO5S. The maximum atomic E-state index is 12.5. The van der Waals surface area contributed by atoms with Crippen LogP contribution in [0, 0.1) is 5.92 Å². The fourth-order valence-corrected chi connectivity index (χ4v) is 4.00. The molecule has 1 aliphatic heterocycles. The summed E-state index contributed by atoms with van der Waals surface area (Å²) in [7, 11) is 3.18. The van der Waals surface area contributed by atoms with Gasteiger partial charge in [0.15, 0.2) is 11.5 Å². The van der Waals surface area contributed by atoms with Crippen molar-refractivity contribution >= 4 is 23.6 Å². The molecule has 0 spiro atoms. The molecule has 0 aromatic heterocycles. The Balaban J connectivity index is 1.89. The van der Waals surface area contributed by atoms with Crippen molar-refractivity contribution in [3.63, 3.8) is 0 Å². The van der Waals surface area contributed by atoms with Gasteiger partial charge in [0.1, 0.15) is 0 Å². The van der Waals surface area contributed by atoms with Gasteiger partial charge in [-0.3, -0.25) is 9.59 Å². The number of amides is 1. The van der Waals surface area contributed by atoms with Gasteiger partial charge in [0.2, 0.25) is 5.91 Å². The van der Waals surface area contributed by atoms with E-state index in [1.54, 1.807) is 30.9 Å². The molecule has 6 nitrogen and oxygen atoms in total. The van der Waals surface area contributed by atoms with E-state index in [4.69, 9.17) is 9.47 Å². The van der Waals surface area contributed by atoms with Gasteiger partial charge in [-0.25, -0.2) is 0 Å². The number of carboxylic acids is 1. The van der Waals surface area contributed by atoms with Crippen molar-refractivity contribution in [1.29, 1.82) is 0 Å². The number of nitrogens with zero attached hydrogens (tertiary/aromatic N) is 1. The highest BCUT2D eigenvalue weighted by Crippen LogP contribution is 2.32. The van der Waals surface area contributed by atoms with Crippen molar-refractivity contribution in [2.75, 3.05) is 26.5 Å². The van der Waals surface area contributed by atoms with E-state index in [9.17, 15) is 14.7 Å². The van der Waals surface area contributed by atoms with E-state index in [1.807, 2.05) is 25.1 Å². The average molecular weight is 367 g/mol. The van der Waals surface area contributed by atoms with Crippen molar-refractivity contribution in [1.82, 2.24) is 4.90 Å². The van der Waals surface area contributed by atoms with E-state index >= 15 is 0 Å². The Morgan fingerprint density at radius 3 is 2.64 bits per heavy atom. The number of methoxy groups -OCH3 is 2. The molecule has 1 fully saturated rings. The molecule has 1 aromatic rings. The van der Waals surface area contributed by atoms with Gasteiger partial charge in [-0.2, -0.15) is 0 Å². The molecule has 2 atom stereocenters. The molecule has 0 saturated carbocycles. The lowest BCUT2D eigenvalue weighted by Crippen LogP contribution is -2.49. The lowest BCUT2D eigenvalue weighted by Gasteiger charge is -2.37. The standard InChI is InChI=1S/C18H25NO5S/c1-12-14(18(21)22)5-4-9-19(12)17(20)8-10-25-13-6-7-15(23-2)16(11-13)24-3/h6-7,11-12,14H,4-5,8-10H2,1-3H3,(H,21,22)/t12-,14-/m0/s1. The third kappa shape index (κ3) is 4.81. The maximum absolute atomic E-state index is 12.5. The third-order valence-electron chi connectivity index (χ3n) is 4.57. The average Bonchev–Trinajstić information content (AvgIpc) is 2.61. The van der Waals surface area contributed by atoms with Gasteiger partial charge in [-0.05, 0) is 38.0 Å². The Morgan fingerprint density at radius 2 is 2.00 bits per heavy atom. The van der Waals surface area contributed by atoms with Gasteiger partial charge in [0, 0.05) is 29.7 Å². The second-order valence-electron chi connectivity index (χ2n) is 6.03. The molecule has 0 unspecified atom stereocenters. The first-order valence-electron chi connectivity index (χ1n) is 8.35. The molecule has 7 heteroatoms. The number of ether oxygens (including phenoxy) is 2. The van der Waals surface area contributed by atoms with Gasteiger partial charge in [0.05, 0.1) is 20.1 Å². The Kier molecular flexibility index (Phi) is 6.99. The van der Waals surface area contributed by atoms with Crippen LogP contribution in [0.3, 0.4) is 0 Å². The molecule has 0 bridgehead atoms. The number of thioether (sulfide) groups is 1. The van der Waals surface area contributed by atoms with Gasteiger partial charge in [-0.1, -0.05) is 0 Å². The van der Waals surface area contributed by atoms with Crippen LogP contribution < -0.4 is 9.47 Å². The van der Waals surface area contributed by atoms with Crippen LogP contribution in [0.4, 0.5) is 0 Å². The van der Waals surface area contributed by atoms with Crippen LogP contribution >= 0.6 is 11.8 Å². The van der Waals surface area contributed by atoms with Crippen LogP contribution in [-0.2, 0) is 9.59 Å². The Morgan fingerprint density at radius 1 is 1.28 bits per heavy atom. The molecule has 2 rings (SSSR count). The highest BCUT2D eigenvalue weighted by atomic mass is 32.2. The number of carbonyl (C=O) groups is 2. The number of aliphatic carboxylic acids is 1. The summed E-state index contributed by atoms with van der Waals surface area (Å²) in [4.78, 5) is 26.5. The molecular weight excluding hydrogens is 342 g/mol. The van der Waals surface area contributed by atoms with Gasteiger partial charge in [-0.15, -0.1) is 11.8 Å². The van der Waals surface area contributed by atoms with E-state index in [-0.39, 0.29) is 11.9 Å². The number of rotatable bonds is 7. The Labute approximate surface area is 152 Å². The van der Waals surface area contributed by atoms with Crippen LogP contribution in [0.5, 0.6) is 11.5 Å². The summed E-state index contributed by atoms with van der Waals surface area (Å²) in [5, 5.41) is 9.26. The predicted octanol–water partition coefficient (Wildman–Crippen LogP) is 2.90. The fourth-order valence-electron chi connectivity index (χ4n) is 3.13. The summed E-state index contributed by atoms with van der Waals surface area (Å²) in [5.41, 5.74) is 0. The number of hydrogen-bond donors (Lipinski definition) is 1. The minimum Gasteiger partial charge on any atom is -0.493 e.